The van der Waals surface area contributed by atoms with Gasteiger partial charge in [-0.3, -0.25) is 23.5 Å². The maximum atomic E-state index is 13.2. The molecule has 0 saturated carbocycles. The number of hydrogen-bond acceptors (Lipinski definition) is 5. The number of aliphatic hydroxyl groups is 1. The number of aromatic amines is 1. The molecule has 0 aliphatic heterocycles. The number of halogens is 3. The summed E-state index contributed by atoms with van der Waals surface area (Å²) in [6.07, 6.45) is -7.77. The number of rotatable bonds is 6. The molecule has 3 rings (SSSR count). The van der Waals surface area contributed by atoms with Gasteiger partial charge in [0.15, 0.2) is 6.10 Å². The second kappa shape index (κ2) is 9.29. The Hall–Kier alpha value is -3.67. The smallest absolute Gasteiger partial charge is 0.382 e. The van der Waals surface area contributed by atoms with E-state index in [0.717, 1.165) is 9.13 Å². The maximum absolute atomic E-state index is 13.2. The summed E-state index contributed by atoms with van der Waals surface area (Å²) in [4.78, 5) is 52.9. The number of amides is 1. The standard InChI is InChI=1S/C22H23F3N4O5/c1-11(2)16(18(31)22(23,24)25)26-15(30)10-29-14(12-7-5-4-6-8-12)9-13-17(20(29)33)27-21(34)28(3)19(13)32/h4-9,11,16,18,31H,10H2,1-3H3,(H,26,30)(H,27,34). The van der Waals surface area contributed by atoms with Gasteiger partial charge in [0, 0.05) is 7.05 Å². The molecular weight excluding hydrogens is 457 g/mol. The molecule has 12 heteroatoms. The zero-order valence-corrected chi connectivity index (χ0v) is 18.5. The molecule has 0 aliphatic rings. The minimum atomic E-state index is -4.96. The summed E-state index contributed by atoms with van der Waals surface area (Å²) < 4.78 is 40.9. The second-order valence-corrected chi connectivity index (χ2v) is 8.19. The van der Waals surface area contributed by atoms with Gasteiger partial charge in [-0.15, -0.1) is 0 Å². The van der Waals surface area contributed by atoms with Gasteiger partial charge in [-0.05, 0) is 17.5 Å². The molecule has 2 atom stereocenters. The summed E-state index contributed by atoms with van der Waals surface area (Å²) in [5.74, 6) is -1.74. The van der Waals surface area contributed by atoms with Crippen molar-refractivity contribution in [2.75, 3.05) is 0 Å². The van der Waals surface area contributed by atoms with Crippen molar-refractivity contribution in [1.82, 2.24) is 19.4 Å². The highest BCUT2D eigenvalue weighted by Gasteiger charge is 2.45. The van der Waals surface area contributed by atoms with Gasteiger partial charge in [-0.2, -0.15) is 13.2 Å². The van der Waals surface area contributed by atoms with Gasteiger partial charge in [0.25, 0.3) is 11.1 Å². The Bertz CT molecular complexity index is 1390. The van der Waals surface area contributed by atoms with Crippen molar-refractivity contribution in [3.8, 4) is 11.3 Å². The van der Waals surface area contributed by atoms with E-state index >= 15 is 0 Å². The molecule has 0 saturated heterocycles. The van der Waals surface area contributed by atoms with Crippen LogP contribution in [0.25, 0.3) is 22.2 Å². The Labute approximate surface area is 190 Å². The zero-order chi connectivity index (χ0) is 25.4. The van der Waals surface area contributed by atoms with Gasteiger partial charge in [0.2, 0.25) is 5.91 Å². The third-order valence-corrected chi connectivity index (χ3v) is 5.46. The van der Waals surface area contributed by atoms with Gasteiger partial charge >= 0.3 is 11.9 Å². The molecule has 2 heterocycles. The molecule has 3 N–H and O–H groups in total. The maximum Gasteiger partial charge on any atom is 0.416 e. The van der Waals surface area contributed by atoms with Crippen LogP contribution in [-0.2, 0) is 18.4 Å². The van der Waals surface area contributed by atoms with E-state index < -0.39 is 53.5 Å². The Balaban J connectivity index is 2.14. The molecule has 0 bridgehead atoms. The zero-order valence-electron chi connectivity index (χ0n) is 18.5. The number of hydrogen-bond donors (Lipinski definition) is 3. The van der Waals surface area contributed by atoms with Crippen LogP contribution < -0.4 is 22.1 Å². The molecule has 2 unspecified atom stereocenters. The van der Waals surface area contributed by atoms with Crippen LogP contribution in [0, 0.1) is 5.92 Å². The molecule has 0 radical (unpaired) electrons. The molecule has 0 aliphatic carbocycles. The predicted molar refractivity (Wildman–Crippen MR) is 118 cm³/mol. The van der Waals surface area contributed by atoms with Crippen LogP contribution >= 0.6 is 0 Å². The van der Waals surface area contributed by atoms with Gasteiger partial charge in [-0.25, -0.2) is 4.79 Å². The number of nitrogens with one attached hydrogen (secondary N) is 2. The molecule has 1 amide bonds. The Morgan fingerprint density at radius 2 is 1.74 bits per heavy atom. The van der Waals surface area contributed by atoms with E-state index in [1.54, 1.807) is 30.3 Å². The van der Waals surface area contributed by atoms with E-state index in [0.29, 0.717) is 5.56 Å². The first-order valence-corrected chi connectivity index (χ1v) is 10.3. The van der Waals surface area contributed by atoms with E-state index in [2.05, 4.69) is 10.3 Å². The predicted octanol–water partition coefficient (Wildman–Crippen LogP) is 1.12. The van der Waals surface area contributed by atoms with Crippen molar-refractivity contribution in [1.29, 1.82) is 0 Å². The lowest BCUT2D eigenvalue weighted by molar-refractivity contribution is -0.215. The van der Waals surface area contributed by atoms with Crippen LogP contribution in [0.3, 0.4) is 0 Å². The van der Waals surface area contributed by atoms with Crippen LogP contribution in [0.15, 0.2) is 50.8 Å². The molecule has 0 spiro atoms. The van der Waals surface area contributed by atoms with Crippen molar-refractivity contribution in [3.05, 3.63) is 67.6 Å². The minimum Gasteiger partial charge on any atom is -0.382 e. The van der Waals surface area contributed by atoms with Crippen molar-refractivity contribution < 1.29 is 23.1 Å². The normalized spacial score (nSPS) is 13.8. The molecular formula is C22H23F3N4O5. The molecule has 1 aromatic carbocycles. The average molecular weight is 480 g/mol. The Morgan fingerprint density at radius 1 is 1.12 bits per heavy atom. The number of nitrogens with zero attached hydrogens (tertiary/aromatic N) is 2. The number of H-pyrrole nitrogens is 1. The number of aromatic nitrogens is 3. The monoisotopic (exact) mass is 480 g/mol. The quantitative estimate of drug-likeness (QED) is 0.488. The summed E-state index contributed by atoms with van der Waals surface area (Å²) in [5.41, 5.74) is -2.17. The van der Waals surface area contributed by atoms with Gasteiger partial charge in [-0.1, -0.05) is 44.2 Å². The van der Waals surface area contributed by atoms with Crippen LogP contribution in [0.1, 0.15) is 13.8 Å². The first kappa shape index (κ1) is 25.0. The third-order valence-electron chi connectivity index (χ3n) is 5.46. The van der Waals surface area contributed by atoms with Crippen molar-refractivity contribution in [2.24, 2.45) is 13.0 Å². The highest BCUT2D eigenvalue weighted by molar-refractivity contribution is 5.83. The lowest BCUT2D eigenvalue weighted by Gasteiger charge is -2.29. The lowest BCUT2D eigenvalue weighted by Crippen LogP contribution is -2.53. The summed E-state index contributed by atoms with van der Waals surface area (Å²) in [5, 5.41) is 11.7. The molecule has 0 fully saturated rings. The third kappa shape index (κ3) is 4.81. The van der Waals surface area contributed by atoms with Crippen molar-refractivity contribution >= 4 is 16.8 Å². The summed E-state index contributed by atoms with van der Waals surface area (Å²) in [6.45, 7) is 2.08. The number of aliphatic hydroxyl groups excluding tert-OH is 1. The van der Waals surface area contributed by atoms with Crippen molar-refractivity contribution in [2.45, 2.75) is 38.7 Å². The number of benzene rings is 1. The number of pyridine rings is 1. The first-order chi connectivity index (χ1) is 15.8. The number of carbonyl (C=O) groups is 1. The topological polar surface area (TPSA) is 126 Å². The van der Waals surface area contributed by atoms with E-state index in [1.807, 2.05) is 0 Å². The Morgan fingerprint density at radius 3 is 2.29 bits per heavy atom. The first-order valence-electron chi connectivity index (χ1n) is 10.3. The highest BCUT2D eigenvalue weighted by atomic mass is 19.4. The van der Waals surface area contributed by atoms with E-state index in [9.17, 15) is 37.5 Å². The summed E-state index contributed by atoms with van der Waals surface area (Å²) in [7, 11) is 1.24. The van der Waals surface area contributed by atoms with E-state index in [-0.39, 0.29) is 16.6 Å². The molecule has 3 aromatic rings. The number of carbonyl (C=O) groups excluding carboxylic acids is 1. The summed E-state index contributed by atoms with van der Waals surface area (Å²) in [6, 6.07) is 7.95. The van der Waals surface area contributed by atoms with Gasteiger partial charge < -0.3 is 15.4 Å². The molecule has 2 aromatic heterocycles. The Kier molecular flexibility index (Phi) is 6.82. The van der Waals surface area contributed by atoms with Gasteiger partial charge in [0.05, 0.1) is 17.1 Å². The van der Waals surface area contributed by atoms with Gasteiger partial charge in [0.1, 0.15) is 12.1 Å². The van der Waals surface area contributed by atoms with Crippen LogP contribution in [0.4, 0.5) is 13.2 Å². The lowest BCUT2D eigenvalue weighted by atomic mass is 9.98. The van der Waals surface area contributed by atoms with E-state index in [4.69, 9.17) is 0 Å². The van der Waals surface area contributed by atoms with Crippen LogP contribution in [-0.4, -0.2) is 43.5 Å². The van der Waals surface area contributed by atoms with Crippen LogP contribution in [0.2, 0.25) is 0 Å². The number of fused-ring (bicyclic) bond motifs is 1. The SMILES string of the molecule is CC(C)C(NC(=O)Cn1c(-c2ccccc2)cc2c(=O)n(C)c(=O)[nH]c2c1=O)C(O)C(F)(F)F. The highest BCUT2D eigenvalue weighted by Crippen LogP contribution is 2.25. The molecule has 9 nitrogen and oxygen atoms in total. The minimum absolute atomic E-state index is 0.0878. The fraction of sp³-hybridized carbons (Fsp3) is 0.364. The van der Waals surface area contributed by atoms with Crippen molar-refractivity contribution in [3.63, 3.8) is 0 Å². The fourth-order valence-corrected chi connectivity index (χ4v) is 3.59. The van der Waals surface area contributed by atoms with E-state index in [1.165, 1.54) is 27.0 Å². The van der Waals surface area contributed by atoms with Crippen LogP contribution in [0.5, 0.6) is 0 Å². The summed E-state index contributed by atoms with van der Waals surface area (Å²) >= 11 is 0. The average Bonchev–Trinajstić information content (AvgIpc) is 2.77. The molecule has 34 heavy (non-hydrogen) atoms. The fourth-order valence-electron chi connectivity index (χ4n) is 3.59. The second-order valence-electron chi connectivity index (χ2n) is 8.19. The number of alkyl halides is 3. The molecule has 182 valence electrons. The largest absolute Gasteiger partial charge is 0.416 e.